The van der Waals surface area contributed by atoms with E-state index in [4.69, 9.17) is 0 Å². The lowest BCUT2D eigenvalue weighted by atomic mass is 9.78. The van der Waals surface area contributed by atoms with Crippen LogP contribution in [0.5, 0.6) is 0 Å². The molecule has 0 spiro atoms. The van der Waals surface area contributed by atoms with Crippen molar-refractivity contribution in [1.29, 1.82) is 0 Å². The summed E-state index contributed by atoms with van der Waals surface area (Å²) in [5.74, 6) is 0.0741. The Morgan fingerprint density at radius 2 is 1.84 bits per heavy atom. The molecule has 2 aliphatic carbocycles. The number of likely N-dealkylation sites (tertiary alicyclic amines) is 1. The van der Waals surface area contributed by atoms with Crippen molar-refractivity contribution in [2.24, 2.45) is 23.2 Å². The highest BCUT2D eigenvalue weighted by Crippen LogP contribution is 2.63. The highest BCUT2D eigenvalue weighted by molar-refractivity contribution is 6.10. The molecule has 0 aromatic rings. The minimum absolute atomic E-state index is 0.0633. The van der Waals surface area contributed by atoms with Crippen molar-refractivity contribution in [3.8, 4) is 0 Å². The minimum atomic E-state index is -0.857. The molecule has 0 aromatic carbocycles. The zero-order valence-electron chi connectivity index (χ0n) is 12.0. The second kappa shape index (κ2) is 3.81. The van der Waals surface area contributed by atoms with Crippen LogP contribution in [0.15, 0.2) is 0 Å². The second-order valence-corrected chi connectivity index (χ2v) is 7.47. The third-order valence-corrected chi connectivity index (χ3v) is 5.41. The molecule has 19 heavy (non-hydrogen) atoms. The zero-order chi connectivity index (χ0) is 14.0. The maximum atomic E-state index is 12.3. The lowest BCUT2D eigenvalue weighted by molar-refractivity contribution is -0.149. The van der Waals surface area contributed by atoms with Crippen LogP contribution >= 0.6 is 0 Å². The first-order valence-corrected chi connectivity index (χ1v) is 7.34. The molecule has 0 aromatic heterocycles. The van der Waals surface area contributed by atoms with Gasteiger partial charge in [0, 0.05) is 0 Å². The smallest absolute Gasteiger partial charge is 0.233 e. The summed E-state index contributed by atoms with van der Waals surface area (Å²) < 4.78 is 0. The number of piperidine rings is 1. The molecule has 3 fully saturated rings. The molecule has 4 heteroatoms. The van der Waals surface area contributed by atoms with E-state index in [1.54, 1.807) is 0 Å². The van der Waals surface area contributed by atoms with Crippen molar-refractivity contribution < 1.29 is 14.7 Å². The number of rotatable bonds is 2. The van der Waals surface area contributed by atoms with Crippen molar-refractivity contribution >= 4 is 11.8 Å². The molecule has 4 unspecified atom stereocenters. The molecule has 0 bridgehead atoms. The van der Waals surface area contributed by atoms with Gasteiger partial charge in [-0.1, -0.05) is 33.6 Å². The molecule has 2 amide bonds. The molecule has 1 aliphatic heterocycles. The number of hydrogen-bond donors (Lipinski definition) is 1. The monoisotopic (exact) mass is 265 g/mol. The quantitative estimate of drug-likeness (QED) is 0.771. The lowest BCUT2D eigenvalue weighted by Gasteiger charge is -2.38. The largest absolute Gasteiger partial charge is 0.388 e. The molecule has 1 heterocycles. The van der Waals surface area contributed by atoms with Gasteiger partial charge in [0.25, 0.3) is 0 Å². The number of carbonyl (C=O) groups is 2. The fraction of sp³-hybridized carbons (Fsp3) is 0.867. The Labute approximate surface area is 114 Å². The molecule has 1 saturated heterocycles. The van der Waals surface area contributed by atoms with E-state index in [1.807, 2.05) is 13.8 Å². The van der Waals surface area contributed by atoms with Crippen LogP contribution in [0.3, 0.4) is 0 Å². The Balaban J connectivity index is 1.72. The first kappa shape index (κ1) is 13.1. The van der Waals surface area contributed by atoms with Crippen LogP contribution in [0.25, 0.3) is 0 Å². The predicted octanol–water partition coefficient (Wildman–Crippen LogP) is 1.57. The van der Waals surface area contributed by atoms with Crippen molar-refractivity contribution in [2.45, 2.75) is 52.1 Å². The number of amides is 2. The topological polar surface area (TPSA) is 57.6 Å². The van der Waals surface area contributed by atoms with Crippen molar-refractivity contribution in [3.05, 3.63) is 0 Å². The van der Waals surface area contributed by atoms with E-state index in [1.165, 1.54) is 4.90 Å². The highest BCUT2D eigenvalue weighted by Gasteiger charge is 2.72. The van der Waals surface area contributed by atoms with E-state index in [2.05, 4.69) is 6.92 Å². The van der Waals surface area contributed by atoms with Crippen molar-refractivity contribution in [2.75, 3.05) is 6.54 Å². The molecular weight excluding hydrogens is 242 g/mol. The lowest BCUT2D eigenvalue weighted by Crippen LogP contribution is -2.49. The standard InChI is InChI=1S/C15H23NO3/c1-9-5-4-6-15(19,7-9)8-16-12(17)10-11(13(16)18)14(10,2)3/h9-11,19H,4-8H2,1-3H3. The molecule has 1 N–H and O–H groups in total. The van der Waals surface area contributed by atoms with E-state index < -0.39 is 5.60 Å². The van der Waals surface area contributed by atoms with Gasteiger partial charge in [0.15, 0.2) is 0 Å². The summed E-state index contributed by atoms with van der Waals surface area (Å²) in [4.78, 5) is 25.9. The summed E-state index contributed by atoms with van der Waals surface area (Å²) in [5, 5.41) is 10.6. The highest BCUT2D eigenvalue weighted by atomic mass is 16.3. The maximum Gasteiger partial charge on any atom is 0.233 e. The van der Waals surface area contributed by atoms with Gasteiger partial charge in [0.1, 0.15) is 0 Å². The Morgan fingerprint density at radius 3 is 2.37 bits per heavy atom. The number of carbonyl (C=O) groups excluding carboxylic acids is 2. The summed E-state index contributed by atoms with van der Waals surface area (Å²) in [6.07, 6.45) is 3.50. The molecule has 4 nitrogen and oxygen atoms in total. The Morgan fingerprint density at radius 1 is 1.26 bits per heavy atom. The Bertz CT molecular complexity index is 421. The summed E-state index contributed by atoms with van der Waals surface area (Å²) >= 11 is 0. The minimum Gasteiger partial charge on any atom is -0.388 e. The number of fused-ring (bicyclic) bond motifs is 1. The van der Waals surface area contributed by atoms with Crippen LogP contribution in [-0.2, 0) is 9.59 Å². The Hall–Kier alpha value is -0.900. The van der Waals surface area contributed by atoms with Crippen molar-refractivity contribution in [3.63, 3.8) is 0 Å². The first-order chi connectivity index (χ1) is 8.76. The van der Waals surface area contributed by atoms with Crippen LogP contribution in [0.1, 0.15) is 46.5 Å². The fourth-order valence-corrected chi connectivity index (χ4v) is 4.23. The molecule has 4 atom stereocenters. The summed E-state index contributed by atoms with van der Waals surface area (Å²) in [6, 6.07) is 0. The normalized spacial score (nSPS) is 44.4. The van der Waals surface area contributed by atoms with Crippen molar-refractivity contribution in [1.82, 2.24) is 4.90 Å². The summed E-state index contributed by atoms with van der Waals surface area (Å²) in [7, 11) is 0. The number of nitrogens with zero attached hydrogens (tertiary/aromatic N) is 1. The maximum absolute atomic E-state index is 12.3. The first-order valence-electron chi connectivity index (χ1n) is 7.34. The van der Waals surface area contributed by atoms with Gasteiger partial charge in [-0.25, -0.2) is 0 Å². The fourth-order valence-electron chi connectivity index (χ4n) is 4.23. The molecule has 0 radical (unpaired) electrons. The SMILES string of the molecule is CC1CCCC(O)(CN2C(=O)C3C(C2=O)C3(C)C)C1. The summed E-state index contributed by atoms with van der Waals surface area (Å²) in [5.41, 5.74) is -1.02. The second-order valence-electron chi connectivity index (χ2n) is 7.47. The number of hydrogen-bond acceptors (Lipinski definition) is 3. The third-order valence-electron chi connectivity index (χ3n) is 5.41. The predicted molar refractivity (Wildman–Crippen MR) is 70.1 cm³/mol. The van der Waals surface area contributed by atoms with Crippen LogP contribution in [-0.4, -0.2) is 34.0 Å². The zero-order valence-corrected chi connectivity index (χ0v) is 12.0. The molecule has 106 valence electrons. The average molecular weight is 265 g/mol. The molecule has 3 rings (SSSR count). The number of aliphatic hydroxyl groups is 1. The van der Waals surface area contributed by atoms with Gasteiger partial charge < -0.3 is 5.11 Å². The third kappa shape index (κ3) is 1.83. The van der Waals surface area contributed by atoms with Gasteiger partial charge in [-0.2, -0.15) is 0 Å². The van der Waals surface area contributed by atoms with Crippen LogP contribution < -0.4 is 0 Å². The molecule has 3 aliphatic rings. The Kier molecular flexibility index (Phi) is 2.63. The number of β-amino-alcohol motifs (C(OH)–C–C–N with tert-alkyl or cyclic N) is 1. The molecule has 2 saturated carbocycles. The van der Waals surface area contributed by atoms with Crippen LogP contribution in [0.2, 0.25) is 0 Å². The van der Waals surface area contributed by atoms with Gasteiger partial charge in [-0.05, 0) is 24.2 Å². The van der Waals surface area contributed by atoms with E-state index in [-0.39, 0.29) is 35.6 Å². The van der Waals surface area contributed by atoms with Crippen LogP contribution in [0.4, 0.5) is 0 Å². The average Bonchev–Trinajstić information content (AvgIpc) is 2.76. The van der Waals surface area contributed by atoms with Gasteiger partial charge in [0.2, 0.25) is 11.8 Å². The van der Waals surface area contributed by atoms with Gasteiger partial charge in [-0.3, -0.25) is 14.5 Å². The van der Waals surface area contributed by atoms with Gasteiger partial charge in [0.05, 0.1) is 24.0 Å². The van der Waals surface area contributed by atoms with E-state index in [0.29, 0.717) is 18.8 Å². The van der Waals surface area contributed by atoms with E-state index in [9.17, 15) is 14.7 Å². The summed E-state index contributed by atoms with van der Waals surface area (Å²) in [6.45, 7) is 6.29. The molecular formula is C15H23NO3. The van der Waals surface area contributed by atoms with E-state index in [0.717, 1.165) is 12.8 Å². The van der Waals surface area contributed by atoms with Gasteiger partial charge in [-0.15, -0.1) is 0 Å². The number of imide groups is 1. The van der Waals surface area contributed by atoms with Gasteiger partial charge >= 0.3 is 0 Å². The van der Waals surface area contributed by atoms with E-state index >= 15 is 0 Å². The van der Waals surface area contributed by atoms with Crippen LogP contribution in [0, 0.1) is 23.2 Å².